The van der Waals surface area contributed by atoms with E-state index in [1.165, 1.54) is 48.6 Å². The number of benzene rings is 2. The lowest BCUT2D eigenvalue weighted by Gasteiger charge is -2.17. The molecule has 0 saturated heterocycles. The van der Waals surface area contributed by atoms with Crippen LogP contribution in [0.2, 0.25) is 0 Å². The van der Waals surface area contributed by atoms with Gasteiger partial charge in [0.15, 0.2) is 0 Å². The average molecular weight is 487 g/mol. The van der Waals surface area contributed by atoms with Gasteiger partial charge in [-0.2, -0.15) is 4.31 Å². The summed E-state index contributed by atoms with van der Waals surface area (Å²) in [7, 11) is -2.25. The molecular formula is C22H22N4O5S2. The number of hydrogen-bond donors (Lipinski definition) is 3. The van der Waals surface area contributed by atoms with Crippen molar-refractivity contribution >= 4 is 44.1 Å². The number of thiophene rings is 1. The summed E-state index contributed by atoms with van der Waals surface area (Å²) in [5, 5.41) is 4.55. The number of hydrazine groups is 1. The lowest BCUT2D eigenvalue weighted by atomic mass is 10.2. The second-order valence-electron chi connectivity index (χ2n) is 7.02. The fraction of sp³-hybridized carbons (Fsp3) is 0.136. The maximum absolute atomic E-state index is 12.9. The van der Waals surface area contributed by atoms with Crippen LogP contribution in [0, 0.1) is 0 Å². The van der Waals surface area contributed by atoms with E-state index in [-0.39, 0.29) is 22.6 Å². The Morgan fingerprint density at radius 2 is 1.58 bits per heavy atom. The van der Waals surface area contributed by atoms with Crippen LogP contribution in [0.25, 0.3) is 0 Å². The molecule has 0 radical (unpaired) electrons. The Morgan fingerprint density at radius 3 is 2.21 bits per heavy atom. The van der Waals surface area contributed by atoms with Crippen molar-refractivity contribution in [1.29, 1.82) is 0 Å². The summed E-state index contributed by atoms with van der Waals surface area (Å²) < 4.78 is 27.0. The van der Waals surface area contributed by atoms with Crippen LogP contribution in [-0.2, 0) is 21.4 Å². The number of sulfonamides is 1. The van der Waals surface area contributed by atoms with Crippen LogP contribution in [0.4, 0.5) is 5.00 Å². The first-order valence-electron chi connectivity index (χ1n) is 9.74. The van der Waals surface area contributed by atoms with E-state index in [0.717, 1.165) is 16.9 Å². The first-order valence-corrected chi connectivity index (χ1v) is 12.1. The Hall–Kier alpha value is -3.54. The molecule has 3 amide bonds. The van der Waals surface area contributed by atoms with Gasteiger partial charge < -0.3 is 5.32 Å². The van der Waals surface area contributed by atoms with Crippen LogP contribution >= 0.6 is 11.3 Å². The highest BCUT2D eigenvalue weighted by Gasteiger charge is 2.22. The first kappa shape index (κ1) is 24.1. The molecule has 0 unspecified atom stereocenters. The van der Waals surface area contributed by atoms with Crippen LogP contribution in [0.1, 0.15) is 33.2 Å². The van der Waals surface area contributed by atoms with E-state index in [9.17, 15) is 22.8 Å². The van der Waals surface area contributed by atoms with Gasteiger partial charge in [0.25, 0.3) is 11.8 Å². The maximum Gasteiger partial charge on any atom is 0.272 e. The van der Waals surface area contributed by atoms with Crippen molar-refractivity contribution in [2.24, 2.45) is 0 Å². The van der Waals surface area contributed by atoms with Crippen molar-refractivity contribution in [2.45, 2.75) is 18.4 Å². The van der Waals surface area contributed by atoms with E-state index in [1.807, 2.05) is 30.3 Å². The van der Waals surface area contributed by atoms with Crippen molar-refractivity contribution in [2.75, 3.05) is 12.4 Å². The first-order chi connectivity index (χ1) is 15.7. The monoisotopic (exact) mass is 486 g/mol. The van der Waals surface area contributed by atoms with Crippen molar-refractivity contribution in [3.63, 3.8) is 0 Å². The number of carbonyl (C=O) groups excluding carboxylic acids is 3. The van der Waals surface area contributed by atoms with Gasteiger partial charge in [-0.1, -0.05) is 30.3 Å². The van der Waals surface area contributed by atoms with Crippen molar-refractivity contribution in [1.82, 2.24) is 15.2 Å². The minimum absolute atomic E-state index is 0.0592. The third-order valence-corrected chi connectivity index (χ3v) is 7.21. The molecule has 3 aromatic rings. The summed E-state index contributed by atoms with van der Waals surface area (Å²) in [4.78, 5) is 35.8. The second kappa shape index (κ2) is 10.4. The van der Waals surface area contributed by atoms with Gasteiger partial charge in [-0.15, -0.1) is 11.3 Å². The lowest BCUT2D eigenvalue weighted by Crippen LogP contribution is -2.40. The summed E-state index contributed by atoms with van der Waals surface area (Å²) in [6, 6.07) is 16.3. The van der Waals surface area contributed by atoms with Crippen LogP contribution in [-0.4, -0.2) is 37.5 Å². The Labute approximate surface area is 195 Å². The van der Waals surface area contributed by atoms with Gasteiger partial charge in [0, 0.05) is 26.1 Å². The highest BCUT2D eigenvalue weighted by Crippen LogP contribution is 2.24. The quantitative estimate of drug-likeness (QED) is 0.443. The molecule has 0 aliphatic carbocycles. The number of nitrogens with zero attached hydrogens (tertiary/aromatic N) is 1. The lowest BCUT2D eigenvalue weighted by molar-refractivity contribution is -0.119. The third-order valence-electron chi connectivity index (χ3n) is 4.56. The van der Waals surface area contributed by atoms with Crippen molar-refractivity contribution in [3.05, 3.63) is 82.7 Å². The van der Waals surface area contributed by atoms with Crippen LogP contribution in [0.5, 0.6) is 0 Å². The zero-order chi connectivity index (χ0) is 24.0. The van der Waals surface area contributed by atoms with Crippen molar-refractivity contribution < 1.29 is 22.8 Å². The summed E-state index contributed by atoms with van der Waals surface area (Å²) in [6.07, 6.45) is 0. The Morgan fingerprint density at radius 1 is 0.909 bits per heavy atom. The number of anilines is 1. The number of rotatable bonds is 7. The Balaban J connectivity index is 1.69. The molecule has 3 rings (SSSR count). The Kier molecular flexibility index (Phi) is 7.59. The molecule has 0 aliphatic rings. The fourth-order valence-electron chi connectivity index (χ4n) is 2.86. The predicted molar refractivity (Wildman–Crippen MR) is 125 cm³/mol. The summed E-state index contributed by atoms with van der Waals surface area (Å²) in [5.41, 5.74) is 5.68. The molecule has 0 spiro atoms. The molecule has 9 nitrogen and oxygen atoms in total. The molecule has 3 N–H and O–H groups in total. The SMILES string of the molecule is CC(=O)NNC(=O)c1ccsc1NC(=O)c1ccc(S(=O)(=O)N(C)Cc2ccccc2)cc1. The minimum Gasteiger partial charge on any atom is -0.313 e. The van der Waals surface area contributed by atoms with Gasteiger partial charge in [0.1, 0.15) is 5.00 Å². The number of hydrogen-bond acceptors (Lipinski definition) is 6. The molecule has 11 heteroatoms. The number of amides is 3. The van der Waals surface area contributed by atoms with E-state index in [4.69, 9.17) is 0 Å². The normalized spacial score (nSPS) is 11.1. The second-order valence-corrected chi connectivity index (χ2v) is 9.98. The molecule has 0 saturated carbocycles. The fourth-order valence-corrected chi connectivity index (χ4v) is 4.79. The van der Waals surface area contributed by atoms with Crippen molar-refractivity contribution in [3.8, 4) is 0 Å². The molecule has 0 bridgehead atoms. The van der Waals surface area contributed by atoms with Gasteiger partial charge in [0.05, 0.1) is 10.5 Å². The molecule has 2 aromatic carbocycles. The standard InChI is InChI=1S/C22H22N4O5S2/c1-15(27)24-25-21(29)19-12-13-32-22(19)23-20(28)17-8-10-18(11-9-17)33(30,31)26(2)14-16-6-4-3-5-7-16/h3-13H,14H2,1-2H3,(H,23,28)(H,24,27)(H,25,29). The van der Waals surface area contributed by atoms with E-state index in [1.54, 1.807) is 5.38 Å². The molecule has 172 valence electrons. The van der Waals surface area contributed by atoms with Gasteiger partial charge >= 0.3 is 0 Å². The third kappa shape index (κ3) is 6.04. The zero-order valence-electron chi connectivity index (χ0n) is 17.9. The molecule has 1 aromatic heterocycles. The van der Waals surface area contributed by atoms with E-state index in [2.05, 4.69) is 16.2 Å². The molecule has 0 fully saturated rings. The molecule has 0 atom stereocenters. The number of nitrogens with one attached hydrogen (secondary N) is 3. The van der Waals surface area contributed by atoms with Crippen LogP contribution in [0.3, 0.4) is 0 Å². The van der Waals surface area contributed by atoms with E-state index in [0.29, 0.717) is 5.00 Å². The predicted octanol–water partition coefficient (Wildman–Crippen LogP) is 2.60. The van der Waals surface area contributed by atoms with Crippen LogP contribution < -0.4 is 16.2 Å². The van der Waals surface area contributed by atoms with Gasteiger partial charge in [-0.05, 0) is 41.3 Å². The maximum atomic E-state index is 12.9. The summed E-state index contributed by atoms with van der Waals surface area (Å²) >= 11 is 1.14. The summed E-state index contributed by atoms with van der Waals surface area (Å²) in [5.74, 6) is -1.52. The van der Waals surface area contributed by atoms with Crippen LogP contribution in [0.15, 0.2) is 70.9 Å². The molecule has 0 aliphatic heterocycles. The van der Waals surface area contributed by atoms with Gasteiger partial charge in [0.2, 0.25) is 15.9 Å². The van der Waals surface area contributed by atoms with Gasteiger partial charge in [-0.25, -0.2) is 8.42 Å². The smallest absolute Gasteiger partial charge is 0.272 e. The Bertz CT molecular complexity index is 1260. The average Bonchev–Trinajstić information content (AvgIpc) is 3.26. The van der Waals surface area contributed by atoms with E-state index >= 15 is 0 Å². The molecular weight excluding hydrogens is 464 g/mol. The highest BCUT2D eigenvalue weighted by atomic mass is 32.2. The topological polar surface area (TPSA) is 125 Å². The minimum atomic E-state index is -3.74. The number of carbonyl (C=O) groups is 3. The van der Waals surface area contributed by atoms with E-state index < -0.39 is 27.7 Å². The largest absolute Gasteiger partial charge is 0.313 e. The summed E-state index contributed by atoms with van der Waals surface area (Å²) in [6.45, 7) is 1.47. The highest BCUT2D eigenvalue weighted by molar-refractivity contribution is 7.89. The molecule has 33 heavy (non-hydrogen) atoms. The van der Waals surface area contributed by atoms with Gasteiger partial charge in [-0.3, -0.25) is 25.2 Å². The molecule has 1 heterocycles. The zero-order valence-corrected chi connectivity index (χ0v) is 19.5.